The van der Waals surface area contributed by atoms with E-state index in [-0.39, 0.29) is 23.3 Å². The van der Waals surface area contributed by atoms with E-state index < -0.39 is 10.0 Å². The van der Waals surface area contributed by atoms with Crippen molar-refractivity contribution in [3.8, 4) is 5.75 Å². The number of halogens is 2. The van der Waals surface area contributed by atoms with Crippen LogP contribution in [0.4, 0.5) is 0 Å². The van der Waals surface area contributed by atoms with Crippen LogP contribution in [0.5, 0.6) is 5.75 Å². The summed E-state index contributed by atoms with van der Waals surface area (Å²) in [5, 5.41) is 3.14. The molecule has 0 radical (unpaired) electrons. The molecule has 0 aromatic heterocycles. The third-order valence-corrected chi connectivity index (χ3v) is 4.49. The molecule has 0 spiro atoms. The van der Waals surface area contributed by atoms with Gasteiger partial charge in [0, 0.05) is 17.1 Å². The number of methoxy groups -OCH3 is 1. The number of nitrogens with one attached hydrogen (secondary N) is 2. The minimum atomic E-state index is -3.58. The van der Waals surface area contributed by atoms with Crippen LogP contribution in [0.2, 0.25) is 0 Å². The van der Waals surface area contributed by atoms with Gasteiger partial charge < -0.3 is 10.1 Å². The number of hydrogen-bond donors (Lipinski definition) is 2. The average Bonchev–Trinajstić information content (AvgIpc) is 2.37. The minimum absolute atomic E-state index is 0. The summed E-state index contributed by atoms with van der Waals surface area (Å²) in [5.41, 5.74) is 0. The van der Waals surface area contributed by atoms with Crippen LogP contribution in [0.25, 0.3) is 0 Å². The topological polar surface area (TPSA) is 67.4 Å². The largest absolute Gasteiger partial charge is 0.495 e. The van der Waals surface area contributed by atoms with E-state index in [2.05, 4.69) is 26.0 Å². The molecule has 0 unspecified atom stereocenters. The van der Waals surface area contributed by atoms with Crippen molar-refractivity contribution in [3.63, 3.8) is 0 Å². The second kappa shape index (κ2) is 8.84. The smallest absolute Gasteiger partial charge is 0.244 e. The molecule has 20 heavy (non-hydrogen) atoms. The molecule has 1 aromatic rings. The molecule has 0 aliphatic rings. The molecule has 5 nitrogen and oxygen atoms in total. The number of benzene rings is 1. The van der Waals surface area contributed by atoms with Crippen LogP contribution in [0, 0.1) is 0 Å². The fourth-order valence-electron chi connectivity index (χ4n) is 1.59. The van der Waals surface area contributed by atoms with Gasteiger partial charge in [-0.05, 0) is 31.7 Å². The van der Waals surface area contributed by atoms with Crippen LogP contribution in [-0.2, 0) is 10.0 Å². The highest BCUT2D eigenvalue weighted by Gasteiger charge is 2.20. The van der Waals surface area contributed by atoms with Gasteiger partial charge in [0.25, 0.3) is 0 Å². The Bertz CT molecular complexity index is 525. The lowest BCUT2D eigenvalue weighted by molar-refractivity contribution is 0.402. The molecule has 0 aliphatic heterocycles. The van der Waals surface area contributed by atoms with Crippen LogP contribution in [0.15, 0.2) is 27.6 Å². The summed E-state index contributed by atoms with van der Waals surface area (Å²) >= 11 is 3.26. The third kappa shape index (κ3) is 5.57. The predicted molar refractivity (Wildman–Crippen MR) is 86.3 cm³/mol. The third-order valence-electron chi connectivity index (χ3n) is 2.55. The van der Waals surface area contributed by atoms with Crippen molar-refractivity contribution >= 4 is 38.4 Å². The second-order valence-electron chi connectivity index (χ2n) is 4.11. The lowest BCUT2D eigenvalue weighted by atomic mass is 10.3. The van der Waals surface area contributed by atoms with E-state index >= 15 is 0 Å². The van der Waals surface area contributed by atoms with Gasteiger partial charge in [-0.2, -0.15) is 0 Å². The highest BCUT2D eigenvalue weighted by Crippen LogP contribution is 2.26. The van der Waals surface area contributed by atoms with Crippen molar-refractivity contribution in [2.45, 2.75) is 24.8 Å². The Kier molecular flexibility index (Phi) is 8.69. The molecule has 0 heterocycles. The summed E-state index contributed by atoms with van der Waals surface area (Å²) in [4.78, 5) is 0.132. The zero-order chi connectivity index (χ0) is 14.5. The molecule has 1 aromatic carbocycles. The standard InChI is InChI=1S/C12H19BrN2O3S.ClH/c1-4-14-9(2)8-15-19(16,17)12-7-10(13)5-6-11(12)18-3;/h5-7,9,14-15H,4,8H2,1-3H3;1H/t9-;/m1./s1. The SMILES string of the molecule is CCN[C@H](C)CNS(=O)(=O)c1cc(Br)ccc1OC.Cl. The van der Waals surface area contributed by atoms with E-state index in [9.17, 15) is 8.42 Å². The summed E-state index contributed by atoms with van der Waals surface area (Å²) < 4.78 is 32.8. The van der Waals surface area contributed by atoms with E-state index in [1.807, 2.05) is 13.8 Å². The van der Waals surface area contributed by atoms with Crippen molar-refractivity contribution < 1.29 is 13.2 Å². The Labute approximate surface area is 135 Å². The molecule has 0 saturated heterocycles. The van der Waals surface area contributed by atoms with Crippen LogP contribution in [0.3, 0.4) is 0 Å². The van der Waals surface area contributed by atoms with Crippen molar-refractivity contribution in [1.29, 1.82) is 0 Å². The van der Waals surface area contributed by atoms with Gasteiger partial charge in [0.1, 0.15) is 10.6 Å². The summed E-state index contributed by atoms with van der Waals surface area (Å²) in [6.07, 6.45) is 0. The van der Waals surface area contributed by atoms with Gasteiger partial charge in [-0.15, -0.1) is 12.4 Å². The van der Waals surface area contributed by atoms with Crippen LogP contribution < -0.4 is 14.8 Å². The monoisotopic (exact) mass is 386 g/mol. The molecule has 2 N–H and O–H groups in total. The summed E-state index contributed by atoms with van der Waals surface area (Å²) in [5.74, 6) is 0.326. The van der Waals surface area contributed by atoms with Crippen LogP contribution in [0.1, 0.15) is 13.8 Å². The zero-order valence-corrected chi connectivity index (χ0v) is 14.9. The van der Waals surface area contributed by atoms with Crippen molar-refractivity contribution in [2.24, 2.45) is 0 Å². The van der Waals surface area contributed by atoms with Gasteiger partial charge in [0.2, 0.25) is 10.0 Å². The average molecular weight is 388 g/mol. The lowest BCUT2D eigenvalue weighted by Crippen LogP contribution is -2.38. The van der Waals surface area contributed by atoms with Gasteiger partial charge in [-0.3, -0.25) is 0 Å². The van der Waals surface area contributed by atoms with Gasteiger partial charge in [-0.25, -0.2) is 13.1 Å². The van der Waals surface area contributed by atoms with Crippen LogP contribution in [-0.4, -0.2) is 34.7 Å². The molecule has 0 amide bonds. The summed E-state index contributed by atoms with van der Waals surface area (Å²) in [7, 11) is -2.14. The fourth-order valence-corrected chi connectivity index (χ4v) is 3.43. The summed E-state index contributed by atoms with van der Waals surface area (Å²) in [6.45, 7) is 5.02. The maximum Gasteiger partial charge on any atom is 0.244 e. The molecular weight excluding hydrogens is 368 g/mol. The predicted octanol–water partition coefficient (Wildman–Crippen LogP) is 2.16. The van der Waals surface area contributed by atoms with Gasteiger partial charge in [-0.1, -0.05) is 22.9 Å². The van der Waals surface area contributed by atoms with E-state index in [0.717, 1.165) is 6.54 Å². The number of sulfonamides is 1. The van der Waals surface area contributed by atoms with E-state index in [4.69, 9.17) is 4.74 Å². The molecule has 0 aliphatic carbocycles. The minimum Gasteiger partial charge on any atom is -0.495 e. The molecule has 1 atom stereocenters. The van der Waals surface area contributed by atoms with Crippen LogP contribution >= 0.6 is 28.3 Å². The van der Waals surface area contributed by atoms with Crippen molar-refractivity contribution in [2.75, 3.05) is 20.2 Å². The number of likely N-dealkylation sites (N-methyl/N-ethyl adjacent to an activating group) is 1. The van der Waals surface area contributed by atoms with E-state index in [1.54, 1.807) is 12.1 Å². The molecular formula is C12H20BrClN2O3S. The highest BCUT2D eigenvalue weighted by atomic mass is 79.9. The molecule has 116 valence electrons. The molecule has 0 saturated carbocycles. The first-order chi connectivity index (χ1) is 8.90. The fraction of sp³-hybridized carbons (Fsp3) is 0.500. The molecule has 0 bridgehead atoms. The Morgan fingerprint density at radius 1 is 1.40 bits per heavy atom. The lowest BCUT2D eigenvalue weighted by Gasteiger charge is -2.15. The Hall–Kier alpha value is -0.340. The van der Waals surface area contributed by atoms with Crippen molar-refractivity contribution in [3.05, 3.63) is 22.7 Å². The quantitative estimate of drug-likeness (QED) is 0.752. The molecule has 1 rings (SSSR count). The van der Waals surface area contributed by atoms with Crippen molar-refractivity contribution in [1.82, 2.24) is 10.0 Å². The highest BCUT2D eigenvalue weighted by molar-refractivity contribution is 9.10. The maximum atomic E-state index is 12.2. The van der Waals surface area contributed by atoms with E-state index in [0.29, 0.717) is 16.8 Å². The normalized spacial score (nSPS) is 12.6. The number of rotatable bonds is 7. The second-order valence-corrected chi connectivity index (χ2v) is 6.76. The summed E-state index contributed by atoms with van der Waals surface area (Å²) in [6, 6.07) is 4.95. The first kappa shape index (κ1) is 19.7. The van der Waals surface area contributed by atoms with Gasteiger partial charge in [0.15, 0.2) is 0 Å². The van der Waals surface area contributed by atoms with Gasteiger partial charge in [0.05, 0.1) is 7.11 Å². The maximum absolute atomic E-state index is 12.2. The van der Waals surface area contributed by atoms with Gasteiger partial charge >= 0.3 is 0 Å². The van der Waals surface area contributed by atoms with E-state index in [1.165, 1.54) is 13.2 Å². The number of ether oxygens (including phenoxy) is 1. The Balaban J connectivity index is 0.00000361. The zero-order valence-electron chi connectivity index (χ0n) is 11.6. The molecule has 0 fully saturated rings. The Morgan fingerprint density at radius 3 is 2.60 bits per heavy atom. The Morgan fingerprint density at radius 2 is 2.05 bits per heavy atom. The number of hydrogen-bond acceptors (Lipinski definition) is 4. The first-order valence-corrected chi connectivity index (χ1v) is 8.25. The first-order valence-electron chi connectivity index (χ1n) is 5.97. The molecule has 8 heteroatoms.